The lowest BCUT2D eigenvalue weighted by Crippen LogP contribution is -2.43. The van der Waals surface area contributed by atoms with Gasteiger partial charge in [0.2, 0.25) is 5.91 Å². The van der Waals surface area contributed by atoms with Crippen molar-refractivity contribution >= 4 is 5.91 Å². The predicted octanol–water partition coefficient (Wildman–Crippen LogP) is 0.0983. The summed E-state index contributed by atoms with van der Waals surface area (Å²) in [6.45, 7) is 5.96. The number of amides is 1. The molecule has 0 saturated carbocycles. The van der Waals surface area contributed by atoms with Crippen LogP contribution in [0.25, 0.3) is 0 Å². The summed E-state index contributed by atoms with van der Waals surface area (Å²) in [6, 6.07) is 0. The first kappa shape index (κ1) is 11.4. The Morgan fingerprint density at radius 3 is 2.58 bits per heavy atom. The van der Waals surface area contributed by atoms with Gasteiger partial charge in [0, 0.05) is 26.1 Å². The fourth-order valence-corrected chi connectivity index (χ4v) is 0.965. The van der Waals surface area contributed by atoms with Gasteiger partial charge in [0.25, 0.3) is 0 Å². The molecule has 1 amide bonds. The molecular weight excluding hydrogens is 154 g/mol. The number of nitrogens with zero attached hydrogens (tertiary/aromatic N) is 1. The molecule has 0 rings (SSSR count). The molecule has 0 bridgehead atoms. The molecule has 0 heterocycles. The minimum Gasteiger partial charge on any atom is -0.330 e. The topological polar surface area (TPSA) is 58.4 Å². The highest BCUT2D eigenvalue weighted by molar-refractivity contribution is 5.75. The monoisotopic (exact) mass is 173 g/mol. The van der Waals surface area contributed by atoms with Crippen molar-refractivity contribution in [3.05, 3.63) is 0 Å². The van der Waals surface area contributed by atoms with E-state index in [1.165, 1.54) is 0 Å². The van der Waals surface area contributed by atoms with Crippen LogP contribution in [0.1, 0.15) is 26.7 Å². The van der Waals surface area contributed by atoms with Crippen LogP contribution in [-0.4, -0.2) is 30.6 Å². The van der Waals surface area contributed by atoms with E-state index in [0.717, 1.165) is 19.5 Å². The first-order chi connectivity index (χ1) is 5.76. The third kappa shape index (κ3) is 4.31. The molecule has 0 aromatic carbocycles. The van der Waals surface area contributed by atoms with Crippen molar-refractivity contribution in [2.75, 3.05) is 19.6 Å². The highest BCUT2D eigenvalue weighted by Crippen LogP contribution is 1.91. The second kappa shape index (κ2) is 7.06. The molecule has 3 N–H and O–H groups in total. The number of nitrogens with one attached hydrogen (secondary N) is 1. The highest BCUT2D eigenvalue weighted by Gasteiger charge is 2.09. The SMILES string of the molecule is CCCN(NCC)C(=O)CCN. The molecule has 0 atom stereocenters. The van der Waals surface area contributed by atoms with E-state index in [0.29, 0.717) is 13.0 Å². The lowest BCUT2D eigenvalue weighted by molar-refractivity contribution is -0.134. The maximum Gasteiger partial charge on any atom is 0.237 e. The zero-order chi connectivity index (χ0) is 9.40. The molecule has 0 aliphatic rings. The van der Waals surface area contributed by atoms with Crippen LogP contribution >= 0.6 is 0 Å². The quantitative estimate of drug-likeness (QED) is 0.560. The van der Waals surface area contributed by atoms with Gasteiger partial charge in [-0.15, -0.1) is 0 Å². The summed E-state index contributed by atoms with van der Waals surface area (Å²) >= 11 is 0. The molecule has 0 aromatic rings. The number of hydrazine groups is 1. The second-order valence-corrected chi connectivity index (χ2v) is 2.60. The summed E-state index contributed by atoms with van der Waals surface area (Å²) in [4.78, 5) is 11.3. The number of carbonyl (C=O) groups is 1. The van der Waals surface area contributed by atoms with Crippen LogP contribution in [0, 0.1) is 0 Å². The Morgan fingerprint density at radius 2 is 2.17 bits per heavy atom. The highest BCUT2D eigenvalue weighted by atomic mass is 16.2. The second-order valence-electron chi connectivity index (χ2n) is 2.60. The van der Waals surface area contributed by atoms with Crippen LogP contribution in [0.3, 0.4) is 0 Å². The molecule has 4 nitrogen and oxygen atoms in total. The normalized spacial score (nSPS) is 9.92. The van der Waals surface area contributed by atoms with Gasteiger partial charge >= 0.3 is 0 Å². The van der Waals surface area contributed by atoms with Gasteiger partial charge in [0.05, 0.1) is 0 Å². The molecule has 0 unspecified atom stereocenters. The molecule has 0 fully saturated rings. The largest absolute Gasteiger partial charge is 0.330 e. The summed E-state index contributed by atoms with van der Waals surface area (Å²) < 4.78 is 0. The Kier molecular flexibility index (Phi) is 6.70. The average Bonchev–Trinajstić information content (AvgIpc) is 2.04. The first-order valence-corrected chi connectivity index (χ1v) is 4.50. The van der Waals surface area contributed by atoms with Gasteiger partial charge in [-0.2, -0.15) is 0 Å². The molecule has 4 heteroatoms. The van der Waals surface area contributed by atoms with Crippen LogP contribution in [0.15, 0.2) is 0 Å². The Balaban J connectivity index is 3.81. The molecule has 0 aromatic heterocycles. The third-order valence-electron chi connectivity index (χ3n) is 1.46. The van der Waals surface area contributed by atoms with Crippen LogP contribution < -0.4 is 11.2 Å². The lowest BCUT2D eigenvalue weighted by atomic mass is 10.3. The Hall–Kier alpha value is -0.610. The van der Waals surface area contributed by atoms with Gasteiger partial charge in [0.1, 0.15) is 0 Å². The number of rotatable bonds is 6. The van der Waals surface area contributed by atoms with Crippen molar-refractivity contribution < 1.29 is 4.79 Å². The van der Waals surface area contributed by atoms with Crippen molar-refractivity contribution in [1.29, 1.82) is 0 Å². The Bertz CT molecular complexity index is 121. The number of carbonyl (C=O) groups excluding carboxylic acids is 1. The maximum absolute atomic E-state index is 11.3. The number of hydrogen-bond donors (Lipinski definition) is 2. The number of hydrogen-bond acceptors (Lipinski definition) is 3. The van der Waals surface area contributed by atoms with Crippen LogP contribution in [0.5, 0.6) is 0 Å². The van der Waals surface area contributed by atoms with Gasteiger partial charge in [-0.05, 0) is 6.42 Å². The van der Waals surface area contributed by atoms with Gasteiger partial charge < -0.3 is 5.73 Å². The van der Waals surface area contributed by atoms with Crippen molar-refractivity contribution in [3.63, 3.8) is 0 Å². The molecule has 72 valence electrons. The average molecular weight is 173 g/mol. The maximum atomic E-state index is 11.3. The van der Waals surface area contributed by atoms with Gasteiger partial charge in [-0.1, -0.05) is 13.8 Å². The van der Waals surface area contributed by atoms with E-state index in [1.807, 2.05) is 13.8 Å². The van der Waals surface area contributed by atoms with E-state index in [1.54, 1.807) is 5.01 Å². The fraction of sp³-hybridized carbons (Fsp3) is 0.875. The van der Waals surface area contributed by atoms with Crippen LogP contribution in [0.4, 0.5) is 0 Å². The summed E-state index contributed by atoms with van der Waals surface area (Å²) in [6.07, 6.45) is 1.39. The Morgan fingerprint density at radius 1 is 1.50 bits per heavy atom. The molecule has 0 spiro atoms. The van der Waals surface area contributed by atoms with Crippen LogP contribution in [-0.2, 0) is 4.79 Å². The van der Waals surface area contributed by atoms with Crippen molar-refractivity contribution in [2.45, 2.75) is 26.7 Å². The lowest BCUT2D eigenvalue weighted by Gasteiger charge is -2.21. The van der Waals surface area contributed by atoms with E-state index in [-0.39, 0.29) is 5.91 Å². The summed E-state index contributed by atoms with van der Waals surface area (Å²) in [5, 5.41) is 1.65. The van der Waals surface area contributed by atoms with Crippen molar-refractivity contribution in [2.24, 2.45) is 5.73 Å². The van der Waals surface area contributed by atoms with E-state index < -0.39 is 0 Å². The molecule has 12 heavy (non-hydrogen) atoms. The van der Waals surface area contributed by atoms with Crippen molar-refractivity contribution in [1.82, 2.24) is 10.4 Å². The minimum atomic E-state index is 0.0844. The van der Waals surface area contributed by atoms with Gasteiger partial charge in [0.15, 0.2) is 0 Å². The summed E-state index contributed by atoms with van der Waals surface area (Å²) in [5.41, 5.74) is 8.28. The summed E-state index contributed by atoms with van der Waals surface area (Å²) in [5.74, 6) is 0.0844. The smallest absolute Gasteiger partial charge is 0.237 e. The van der Waals surface area contributed by atoms with Gasteiger partial charge in [-0.25, -0.2) is 5.43 Å². The zero-order valence-corrected chi connectivity index (χ0v) is 7.97. The fourth-order valence-electron chi connectivity index (χ4n) is 0.965. The molecule has 0 aliphatic carbocycles. The minimum absolute atomic E-state index is 0.0844. The van der Waals surface area contributed by atoms with Crippen LogP contribution in [0.2, 0.25) is 0 Å². The zero-order valence-electron chi connectivity index (χ0n) is 7.97. The molecule has 0 radical (unpaired) electrons. The summed E-state index contributed by atoms with van der Waals surface area (Å²) in [7, 11) is 0. The molecular formula is C8H19N3O. The van der Waals surface area contributed by atoms with E-state index >= 15 is 0 Å². The first-order valence-electron chi connectivity index (χ1n) is 4.50. The molecule has 0 aliphatic heterocycles. The number of nitrogens with two attached hydrogens (primary N) is 1. The van der Waals surface area contributed by atoms with E-state index in [2.05, 4.69) is 5.43 Å². The predicted molar refractivity (Wildman–Crippen MR) is 49.4 cm³/mol. The third-order valence-corrected chi connectivity index (χ3v) is 1.46. The standard InChI is InChI=1S/C8H19N3O/c1-3-7-11(10-4-2)8(12)5-6-9/h10H,3-7,9H2,1-2H3. The van der Waals surface area contributed by atoms with Gasteiger partial charge in [-0.3, -0.25) is 9.80 Å². The Labute approximate surface area is 74.1 Å². The van der Waals surface area contributed by atoms with E-state index in [4.69, 9.17) is 5.73 Å². The molecule has 0 saturated heterocycles. The van der Waals surface area contributed by atoms with Crippen molar-refractivity contribution in [3.8, 4) is 0 Å². The van der Waals surface area contributed by atoms with E-state index in [9.17, 15) is 4.79 Å².